The molecule has 0 bridgehead atoms. The van der Waals surface area contributed by atoms with E-state index in [4.69, 9.17) is 0 Å². The van der Waals surface area contributed by atoms with Crippen molar-refractivity contribution in [2.24, 2.45) is 0 Å². The van der Waals surface area contributed by atoms with Crippen LogP contribution in [0.15, 0.2) is 0 Å². The van der Waals surface area contributed by atoms with E-state index in [1.165, 1.54) is 0 Å². The monoisotopic (exact) mass is 179 g/mol. The maximum Gasteiger partial charge on any atom is 0.202 e. The van der Waals surface area contributed by atoms with Gasteiger partial charge >= 0.3 is 0 Å². The molecule has 0 aliphatic carbocycles. The first-order valence-corrected chi connectivity index (χ1v) is 4.95. The van der Waals surface area contributed by atoms with E-state index in [9.17, 15) is 4.79 Å². The SMILES string of the molecule is CNC(CCSC)C(=O)S. The summed E-state index contributed by atoms with van der Waals surface area (Å²) in [4.78, 5) is 10.7. The highest BCUT2D eigenvalue weighted by atomic mass is 32.2. The predicted molar refractivity (Wildman–Crippen MR) is 49.8 cm³/mol. The molecule has 1 atom stereocenters. The van der Waals surface area contributed by atoms with Gasteiger partial charge in [0.2, 0.25) is 5.12 Å². The number of hydrogen-bond acceptors (Lipinski definition) is 3. The second-order valence-electron chi connectivity index (χ2n) is 1.96. The van der Waals surface area contributed by atoms with Crippen molar-refractivity contribution < 1.29 is 4.79 Å². The second-order valence-corrected chi connectivity index (χ2v) is 3.39. The van der Waals surface area contributed by atoms with E-state index in [0.717, 1.165) is 12.2 Å². The summed E-state index contributed by atoms with van der Waals surface area (Å²) in [6.45, 7) is 0. The van der Waals surface area contributed by atoms with Crippen LogP contribution < -0.4 is 5.32 Å². The van der Waals surface area contributed by atoms with Crippen molar-refractivity contribution in [2.45, 2.75) is 12.5 Å². The maximum absolute atomic E-state index is 10.7. The first-order valence-electron chi connectivity index (χ1n) is 3.11. The topological polar surface area (TPSA) is 29.1 Å². The van der Waals surface area contributed by atoms with Crippen molar-refractivity contribution in [3.05, 3.63) is 0 Å². The summed E-state index contributed by atoms with van der Waals surface area (Å²) in [7, 11) is 1.78. The number of carbonyl (C=O) groups is 1. The molecular weight excluding hydrogens is 166 g/mol. The van der Waals surface area contributed by atoms with Gasteiger partial charge in [0.05, 0.1) is 6.04 Å². The Kier molecular flexibility index (Phi) is 6.27. The van der Waals surface area contributed by atoms with Crippen LogP contribution in [0.1, 0.15) is 6.42 Å². The predicted octanol–water partition coefficient (Wildman–Crippen LogP) is 0.784. The fourth-order valence-electron chi connectivity index (χ4n) is 0.627. The van der Waals surface area contributed by atoms with Gasteiger partial charge in [0.15, 0.2) is 0 Å². The summed E-state index contributed by atoms with van der Waals surface area (Å²) in [5.74, 6) is 0.998. The Bertz CT molecular complexity index is 108. The van der Waals surface area contributed by atoms with Gasteiger partial charge in [-0.1, -0.05) is 0 Å². The van der Waals surface area contributed by atoms with Crippen LogP contribution >= 0.6 is 24.4 Å². The highest BCUT2D eigenvalue weighted by molar-refractivity contribution is 7.98. The summed E-state index contributed by atoms with van der Waals surface area (Å²) in [6.07, 6.45) is 2.88. The van der Waals surface area contributed by atoms with Crippen LogP contribution in [0.4, 0.5) is 0 Å². The Morgan fingerprint density at radius 2 is 2.40 bits per heavy atom. The molecule has 1 N–H and O–H groups in total. The molecular formula is C6H13NOS2. The Hall–Kier alpha value is 0.330. The quantitative estimate of drug-likeness (QED) is 0.611. The van der Waals surface area contributed by atoms with Crippen molar-refractivity contribution in [3.63, 3.8) is 0 Å². The van der Waals surface area contributed by atoms with E-state index in [0.29, 0.717) is 0 Å². The zero-order valence-corrected chi connectivity index (χ0v) is 7.97. The van der Waals surface area contributed by atoms with Crippen LogP contribution in [-0.2, 0) is 4.79 Å². The molecule has 0 saturated carbocycles. The summed E-state index contributed by atoms with van der Waals surface area (Å²) in [6, 6.07) is -0.0733. The molecule has 0 aliphatic rings. The van der Waals surface area contributed by atoms with Crippen molar-refractivity contribution >= 4 is 29.5 Å². The number of nitrogens with one attached hydrogen (secondary N) is 1. The summed E-state index contributed by atoms with van der Waals surface area (Å²) in [5.41, 5.74) is 0. The van der Waals surface area contributed by atoms with Gasteiger partial charge in [-0.15, -0.1) is 12.6 Å². The Labute approximate surface area is 71.6 Å². The minimum Gasteiger partial charge on any atom is -0.310 e. The normalized spacial score (nSPS) is 13.1. The van der Waals surface area contributed by atoms with Crippen LogP contribution in [0.2, 0.25) is 0 Å². The number of thiol groups is 1. The molecule has 0 amide bonds. The van der Waals surface area contributed by atoms with Gasteiger partial charge in [-0.25, -0.2) is 0 Å². The van der Waals surface area contributed by atoms with Crippen molar-refractivity contribution in [1.29, 1.82) is 0 Å². The summed E-state index contributed by atoms with van der Waals surface area (Å²) < 4.78 is 0. The minimum absolute atomic E-state index is 0.0726. The molecule has 4 heteroatoms. The second kappa shape index (κ2) is 6.07. The highest BCUT2D eigenvalue weighted by Gasteiger charge is 2.10. The molecule has 0 spiro atoms. The van der Waals surface area contributed by atoms with Gasteiger partial charge in [0.25, 0.3) is 0 Å². The zero-order chi connectivity index (χ0) is 7.98. The van der Waals surface area contributed by atoms with Gasteiger partial charge < -0.3 is 5.32 Å². The van der Waals surface area contributed by atoms with Crippen LogP contribution in [0.5, 0.6) is 0 Å². The molecule has 2 nitrogen and oxygen atoms in total. The molecule has 0 aromatic rings. The molecule has 1 unspecified atom stereocenters. The minimum atomic E-state index is -0.0733. The van der Waals surface area contributed by atoms with E-state index in [-0.39, 0.29) is 11.2 Å². The van der Waals surface area contributed by atoms with Crippen LogP contribution in [0.3, 0.4) is 0 Å². The van der Waals surface area contributed by atoms with Crippen molar-refractivity contribution in [1.82, 2.24) is 5.32 Å². The maximum atomic E-state index is 10.7. The van der Waals surface area contributed by atoms with Gasteiger partial charge in [-0.3, -0.25) is 4.79 Å². The molecule has 0 heterocycles. The smallest absolute Gasteiger partial charge is 0.202 e. The Balaban J connectivity index is 3.50. The van der Waals surface area contributed by atoms with Crippen LogP contribution in [0, 0.1) is 0 Å². The van der Waals surface area contributed by atoms with Gasteiger partial charge in [-0.05, 0) is 25.5 Å². The Morgan fingerprint density at radius 3 is 2.70 bits per heavy atom. The van der Waals surface area contributed by atoms with Crippen molar-refractivity contribution in [3.8, 4) is 0 Å². The van der Waals surface area contributed by atoms with E-state index >= 15 is 0 Å². The molecule has 0 saturated heterocycles. The first-order chi connectivity index (χ1) is 4.72. The van der Waals surface area contributed by atoms with E-state index in [1.54, 1.807) is 18.8 Å². The molecule has 0 aliphatic heterocycles. The fraction of sp³-hybridized carbons (Fsp3) is 0.833. The highest BCUT2D eigenvalue weighted by Crippen LogP contribution is 2.02. The van der Waals surface area contributed by atoms with Gasteiger partial charge in [0.1, 0.15) is 0 Å². The van der Waals surface area contributed by atoms with Gasteiger partial charge in [0, 0.05) is 0 Å². The standard InChI is InChI=1S/C6H13NOS2/c1-7-5(6(8)9)3-4-10-2/h5,7H,3-4H2,1-2H3,(H,8,9). The largest absolute Gasteiger partial charge is 0.310 e. The van der Waals surface area contributed by atoms with Gasteiger partial charge in [-0.2, -0.15) is 11.8 Å². The lowest BCUT2D eigenvalue weighted by atomic mass is 10.2. The molecule has 10 heavy (non-hydrogen) atoms. The molecule has 0 radical (unpaired) electrons. The summed E-state index contributed by atoms with van der Waals surface area (Å²) in [5, 5.41) is 2.82. The number of rotatable bonds is 5. The number of carbonyl (C=O) groups excluding carboxylic acids is 1. The number of hydrogen-bond donors (Lipinski definition) is 2. The third-order valence-electron chi connectivity index (χ3n) is 1.26. The van der Waals surface area contributed by atoms with E-state index in [2.05, 4.69) is 17.9 Å². The average Bonchev–Trinajstić information content (AvgIpc) is 1.89. The zero-order valence-electron chi connectivity index (χ0n) is 6.26. The molecule has 60 valence electrons. The van der Waals surface area contributed by atoms with Crippen LogP contribution in [0.25, 0.3) is 0 Å². The lowest BCUT2D eigenvalue weighted by molar-refractivity contribution is -0.112. The van der Waals surface area contributed by atoms with Crippen LogP contribution in [-0.4, -0.2) is 30.2 Å². The number of thioether (sulfide) groups is 1. The number of likely N-dealkylation sites (N-methyl/N-ethyl adjacent to an activating group) is 1. The lowest BCUT2D eigenvalue weighted by Gasteiger charge is -2.09. The van der Waals surface area contributed by atoms with E-state index in [1.807, 2.05) is 6.26 Å². The fourth-order valence-corrected chi connectivity index (χ4v) is 1.36. The van der Waals surface area contributed by atoms with Crippen molar-refractivity contribution in [2.75, 3.05) is 19.1 Å². The molecule has 0 rings (SSSR count). The first kappa shape index (κ1) is 10.3. The Morgan fingerprint density at radius 1 is 1.80 bits per heavy atom. The lowest BCUT2D eigenvalue weighted by Crippen LogP contribution is -2.31. The third kappa shape index (κ3) is 4.19. The summed E-state index contributed by atoms with van der Waals surface area (Å²) >= 11 is 5.47. The van der Waals surface area contributed by atoms with E-state index < -0.39 is 0 Å². The third-order valence-corrected chi connectivity index (χ3v) is 2.21. The average molecular weight is 179 g/mol. The molecule has 0 fully saturated rings. The molecule has 0 aromatic heterocycles. The molecule has 0 aromatic carbocycles.